The number of carbonyl (C=O) groups is 1. The number of hydrazine groups is 1. The lowest BCUT2D eigenvalue weighted by Crippen LogP contribution is -2.16. The van der Waals surface area contributed by atoms with E-state index in [0.29, 0.717) is 23.5 Å². The summed E-state index contributed by atoms with van der Waals surface area (Å²) in [7, 11) is 0. The Morgan fingerprint density at radius 2 is 2.14 bits per heavy atom. The summed E-state index contributed by atoms with van der Waals surface area (Å²) >= 11 is 5.92. The standard InChI is InChI=1S/C14H14ClFN4O/c1-2-10-5-8(6-13(18-10)20-17)14(21)19-12-7-9(16)3-4-11(12)15/h3-7H,2,17H2,1H3,(H,18,20)(H,19,21). The maximum Gasteiger partial charge on any atom is 0.255 e. The minimum absolute atomic E-state index is 0.207. The van der Waals surface area contributed by atoms with Gasteiger partial charge in [-0.15, -0.1) is 0 Å². The third-order valence-corrected chi connectivity index (χ3v) is 3.16. The zero-order chi connectivity index (χ0) is 15.4. The van der Waals surface area contributed by atoms with Crippen molar-refractivity contribution in [3.8, 4) is 0 Å². The number of carbonyl (C=O) groups excluding carboxylic acids is 1. The van der Waals surface area contributed by atoms with Gasteiger partial charge in [0.2, 0.25) is 0 Å². The van der Waals surface area contributed by atoms with E-state index < -0.39 is 11.7 Å². The first-order chi connectivity index (χ1) is 10.0. The zero-order valence-corrected chi connectivity index (χ0v) is 12.0. The normalized spacial score (nSPS) is 10.3. The lowest BCUT2D eigenvalue weighted by Gasteiger charge is -2.10. The van der Waals surface area contributed by atoms with Crippen molar-refractivity contribution in [3.63, 3.8) is 0 Å². The fourth-order valence-corrected chi connectivity index (χ4v) is 1.93. The third-order valence-electron chi connectivity index (χ3n) is 2.83. The number of halogens is 2. The van der Waals surface area contributed by atoms with Crippen LogP contribution in [0.1, 0.15) is 23.0 Å². The van der Waals surface area contributed by atoms with Gasteiger partial charge in [0.1, 0.15) is 11.6 Å². The van der Waals surface area contributed by atoms with Gasteiger partial charge in [0, 0.05) is 11.3 Å². The average Bonchev–Trinajstić information content (AvgIpc) is 2.50. The molecular weight excluding hydrogens is 295 g/mol. The van der Waals surface area contributed by atoms with Gasteiger partial charge in [-0.3, -0.25) is 4.79 Å². The topological polar surface area (TPSA) is 80.0 Å². The van der Waals surface area contributed by atoms with E-state index in [1.807, 2.05) is 6.92 Å². The Hall–Kier alpha value is -2.18. The first-order valence-corrected chi connectivity index (χ1v) is 6.65. The molecule has 21 heavy (non-hydrogen) atoms. The largest absolute Gasteiger partial charge is 0.321 e. The Morgan fingerprint density at radius 3 is 2.81 bits per heavy atom. The summed E-state index contributed by atoms with van der Waals surface area (Å²) in [6.45, 7) is 1.91. The number of rotatable bonds is 4. The third kappa shape index (κ3) is 3.68. The van der Waals surface area contributed by atoms with Gasteiger partial charge in [-0.05, 0) is 36.8 Å². The average molecular weight is 309 g/mol. The van der Waals surface area contributed by atoms with E-state index in [4.69, 9.17) is 17.4 Å². The molecule has 0 spiro atoms. The monoisotopic (exact) mass is 308 g/mol. The Kier molecular flexibility index (Phi) is 4.72. The second-order valence-electron chi connectivity index (χ2n) is 4.31. The van der Waals surface area contributed by atoms with Gasteiger partial charge in [-0.2, -0.15) is 0 Å². The van der Waals surface area contributed by atoms with E-state index in [1.54, 1.807) is 6.07 Å². The lowest BCUT2D eigenvalue weighted by atomic mass is 10.1. The number of aryl methyl sites for hydroxylation is 1. The van der Waals surface area contributed by atoms with Gasteiger partial charge < -0.3 is 10.7 Å². The molecule has 1 heterocycles. The van der Waals surface area contributed by atoms with E-state index in [1.165, 1.54) is 18.2 Å². The highest BCUT2D eigenvalue weighted by molar-refractivity contribution is 6.33. The molecule has 0 saturated heterocycles. The molecule has 0 atom stereocenters. The van der Waals surface area contributed by atoms with Crippen molar-refractivity contribution in [2.45, 2.75) is 13.3 Å². The van der Waals surface area contributed by atoms with Gasteiger partial charge in [0.25, 0.3) is 5.91 Å². The first kappa shape index (κ1) is 15.2. The van der Waals surface area contributed by atoms with E-state index in [2.05, 4.69) is 15.7 Å². The second-order valence-corrected chi connectivity index (χ2v) is 4.72. The minimum atomic E-state index is -0.483. The number of amides is 1. The number of hydrogen-bond acceptors (Lipinski definition) is 4. The lowest BCUT2D eigenvalue weighted by molar-refractivity contribution is 0.102. The SMILES string of the molecule is CCc1cc(C(=O)Nc2cc(F)ccc2Cl)cc(NN)n1. The highest BCUT2D eigenvalue weighted by Crippen LogP contribution is 2.23. The summed E-state index contributed by atoms with van der Waals surface area (Å²) in [5.74, 6) is 4.80. The van der Waals surface area contributed by atoms with Crippen LogP contribution in [0.2, 0.25) is 5.02 Å². The molecule has 0 aliphatic rings. The van der Waals surface area contributed by atoms with Crippen LogP contribution in [0.3, 0.4) is 0 Å². The molecule has 7 heteroatoms. The Labute approximate surface area is 126 Å². The van der Waals surface area contributed by atoms with Crippen molar-refractivity contribution in [2.24, 2.45) is 5.84 Å². The van der Waals surface area contributed by atoms with Crippen molar-refractivity contribution in [3.05, 3.63) is 52.4 Å². The van der Waals surface area contributed by atoms with E-state index in [-0.39, 0.29) is 10.7 Å². The predicted octanol–water partition coefficient (Wildman–Crippen LogP) is 2.97. The number of pyridine rings is 1. The Balaban J connectivity index is 2.29. The number of nitrogens with one attached hydrogen (secondary N) is 2. The van der Waals surface area contributed by atoms with E-state index in [9.17, 15) is 9.18 Å². The van der Waals surface area contributed by atoms with Gasteiger partial charge in [-0.1, -0.05) is 18.5 Å². The molecule has 110 valence electrons. The predicted molar refractivity (Wildman–Crippen MR) is 80.8 cm³/mol. The first-order valence-electron chi connectivity index (χ1n) is 6.27. The smallest absolute Gasteiger partial charge is 0.255 e. The molecule has 4 N–H and O–H groups in total. The Morgan fingerprint density at radius 1 is 1.38 bits per heavy atom. The summed E-state index contributed by atoms with van der Waals surface area (Å²) in [4.78, 5) is 16.4. The van der Waals surface area contributed by atoms with Crippen LogP contribution in [-0.4, -0.2) is 10.9 Å². The number of nitrogens with zero attached hydrogens (tertiary/aromatic N) is 1. The molecule has 2 rings (SSSR count). The molecule has 2 aromatic rings. The van der Waals surface area contributed by atoms with Crippen molar-refractivity contribution >= 4 is 29.0 Å². The Bertz CT molecular complexity index is 656. The molecule has 0 radical (unpaired) electrons. The summed E-state index contributed by atoms with van der Waals surface area (Å²) < 4.78 is 13.2. The summed E-state index contributed by atoms with van der Waals surface area (Å²) in [5, 5.41) is 2.82. The molecule has 1 aromatic carbocycles. The molecule has 0 unspecified atom stereocenters. The maximum absolute atomic E-state index is 13.2. The molecule has 1 aromatic heterocycles. The molecule has 0 bridgehead atoms. The number of anilines is 2. The molecule has 1 amide bonds. The van der Waals surface area contributed by atoms with Crippen LogP contribution in [0.4, 0.5) is 15.9 Å². The zero-order valence-electron chi connectivity index (χ0n) is 11.3. The van der Waals surface area contributed by atoms with E-state index >= 15 is 0 Å². The molecular formula is C14H14ClFN4O. The fraction of sp³-hybridized carbons (Fsp3) is 0.143. The van der Waals surface area contributed by atoms with Crippen LogP contribution < -0.4 is 16.6 Å². The van der Waals surface area contributed by atoms with Crippen LogP contribution in [0.15, 0.2) is 30.3 Å². The van der Waals surface area contributed by atoms with Gasteiger partial charge in [0.05, 0.1) is 10.7 Å². The van der Waals surface area contributed by atoms with Crippen molar-refractivity contribution in [1.29, 1.82) is 0 Å². The quantitative estimate of drug-likeness (QED) is 0.599. The van der Waals surface area contributed by atoms with E-state index in [0.717, 1.165) is 6.07 Å². The van der Waals surface area contributed by atoms with Gasteiger partial charge >= 0.3 is 0 Å². The van der Waals surface area contributed by atoms with Crippen LogP contribution in [0.5, 0.6) is 0 Å². The van der Waals surface area contributed by atoms with Crippen LogP contribution in [0.25, 0.3) is 0 Å². The van der Waals surface area contributed by atoms with Crippen molar-refractivity contribution in [1.82, 2.24) is 4.98 Å². The molecule has 5 nitrogen and oxygen atoms in total. The van der Waals surface area contributed by atoms with Gasteiger partial charge in [-0.25, -0.2) is 15.2 Å². The summed E-state index contributed by atoms with van der Waals surface area (Å²) in [6, 6.07) is 6.90. The van der Waals surface area contributed by atoms with Crippen LogP contribution in [0, 0.1) is 5.82 Å². The highest BCUT2D eigenvalue weighted by Gasteiger charge is 2.12. The van der Waals surface area contributed by atoms with Crippen molar-refractivity contribution in [2.75, 3.05) is 10.7 Å². The van der Waals surface area contributed by atoms with Crippen LogP contribution >= 0.6 is 11.6 Å². The molecule has 0 saturated carbocycles. The minimum Gasteiger partial charge on any atom is -0.321 e. The number of nitrogen functional groups attached to an aromatic ring is 1. The van der Waals surface area contributed by atoms with Crippen LogP contribution in [-0.2, 0) is 6.42 Å². The summed E-state index contributed by atoms with van der Waals surface area (Å²) in [5.41, 5.74) is 3.68. The fourth-order valence-electron chi connectivity index (χ4n) is 1.76. The van der Waals surface area contributed by atoms with Gasteiger partial charge in [0.15, 0.2) is 0 Å². The molecule has 0 aliphatic heterocycles. The molecule has 0 aliphatic carbocycles. The second kappa shape index (κ2) is 6.51. The number of benzene rings is 1. The maximum atomic E-state index is 13.2. The highest BCUT2D eigenvalue weighted by atomic mass is 35.5. The molecule has 0 fully saturated rings. The van der Waals surface area contributed by atoms with Crippen molar-refractivity contribution < 1.29 is 9.18 Å². The summed E-state index contributed by atoms with van der Waals surface area (Å²) in [6.07, 6.45) is 0.649. The number of nitrogens with two attached hydrogens (primary N) is 1. The number of aromatic nitrogens is 1. The number of hydrogen-bond donors (Lipinski definition) is 3.